The third-order valence-corrected chi connectivity index (χ3v) is 3.89. The summed E-state index contributed by atoms with van der Waals surface area (Å²) < 4.78 is 15.7. The highest BCUT2D eigenvalue weighted by Crippen LogP contribution is 2.27. The van der Waals surface area contributed by atoms with Crippen molar-refractivity contribution in [1.29, 1.82) is 0 Å². The molecular formula is C12H22O9. The Labute approximate surface area is 121 Å². The van der Waals surface area contributed by atoms with Crippen molar-refractivity contribution in [2.75, 3.05) is 0 Å². The van der Waals surface area contributed by atoms with Gasteiger partial charge in [-0.1, -0.05) is 0 Å². The molecule has 9 nitrogen and oxygen atoms in total. The van der Waals surface area contributed by atoms with Gasteiger partial charge in [0.25, 0.3) is 0 Å². The Hall–Kier alpha value is -0.360. The first-order valence-corrected chi connectivity index (χ1v) is 6.78. The molecule has 124 valence electrons. The summed E-state index contributed by atoms with van der Waals surface area (Å²) in [6.45, 7) is 2.96. The average Bonchev–Trinajstić information content (AvgIpc) is 2.45. The van der Waals surface area contributed by atoms with Gasteiger partial charge in [0.15, 0.2) is 12.6 Å². The molecule has 0 bridgehead atoms. The molecule has 0 aromatic carbocycles. The van der Waals surface area contributed by atoms with Crippen molar-refractivity contribution in [2.45, 2.75) is 75.3 Å². The Morgan fingerprint density at radius 2 is 0.905 bits per heavy atom. The van der Waals surface area contributed by atoms with E-state index in [1.165, 1.54) is 13.8 Å². The molecule has 2 fully saturated rings. The first-order valence-electron chi connectivity index (χ1n) is 6.78. The predicted molar refractivity (Wildman–Crippen MR) is 65.8 cm³/mol. The lowest BCUT2D eigenvalue weighted by Gasteiger charge is -2.44. The molecule has 0 aliphatic carbocycles. The van der Waals surface area contributed by atoms with Crippen molar-refractivity contribution in [3.8, 4) is 0 Å². The van der Waals surface area contributed by atoms with Gasteiger partial charge in [-0.3, -0.25) is 0 Å². The third-order valence-electron chi connectivity index (χ3n) is 3.89. The van der Waals surface area contributed by atoms with E-state index < -0.39 is 61.4 Å². The van der Waals surface area contributed by atoms with E-state index in [1.807, 2.05) is 0 Å². The number of aliphatic hydroxyl groups excluding tert-OH is 6. The van der Waals surface area contributed by atoms with Gasteiger partial charge in [-0.2, -0.15) is 0 Å². The fraction of sp³-hybridized carbons (Fsp3) is 1.00. The summed E-state index contributed by atoms with van der Waals surface area (Å²) >= 11 is 0. The van der Waals surface area contributed by atoms with Gasteiger partial charge < -0.3 is 44.8 Å². The fourth-order valence-electron chi connectivity index (χ4n) is 2.38. The Morgan fingerprint density at radius 3 is 1.24 bits per heavy atom. The van der Waals surface area contributed by atoms with Crippen molar-refractivity contribution in [3.63, 3.8) is 0 Å². The van der Waals surface area contributed by atoms with E-state index in [4.69, 9.17) is 14.2 Å². The molecule has 0 aromatic rings. The van der Waals surface area contributed by atoms with Gasteiger partial charge in [-0.15, -0.1) is 0 Å². The summed E-state index contributed by atoms with van der Waals surface area (Å²) in [6, 6.07) is 0. The highest BCUT2D eigenvalue weighted by molar-refractivity contribution is 4.90. The van der Waals surface area contributed by atoms with Crippen molar-refractivity contribution < 1.29 is 44.8 Å². The lowest BCUT2D eigenvalue weighted by molar-refractivity contribution is -0.370. The van der Waals surface area contributed by atoms with Crippen molar-refractivity contribution in [2.24, 2.45) is 0 Å². The molecule has 9 heteroatoms. The van der Waals surface area contributed by atoms with E-state index in [1.54, 1.807) is 0 Å². The van der Waals surface area contributed by atoms with Crippen LogP contribution in [0.3, 0.4) is 0 Å². The molecule has 8 unspecified atom stereocenters. The van der Waals surface area contributed by atoms with Crippen LogP contribution in [0.2, 0.25) is 0 Å². The normalized spacial score (nSPS) is 55.4. The van der Waals surface area contributed by atoms with Crippen molar-refractivity contribution >= 4 is 0 Å². The van der Waals surface area contributed by atoms with Crippen molar-refractivity contribution in [1.82, 2.24) is 0 Å². The zero-order valence-electron chi connectivity index (χ0n) is 11.7. The van der Waals surface area contributed by atoms with E-state index in [0.29, 0.717) is 0 Å². The van der Waals surface area contributed by atoms with Crippen LogP contribution in [-0.2, 0) is 14.2 Å². The smallest absolute Gasteiger partial charge is 0.189 e. The van der Waals surface area contributed by atoms with Gasteiger partial charge >= 0.3 is 0 Å². The van der Waals surface area contributed by atoms with Gasteiger partial charge in [0.1, 0.15) is 36.6 Å². The van der Waals surface area contributed by atoms with Gasteiger partial charge in [-0.05, 0) is 13.8 Å². The van der Waals surface area contributed by atoms with E-state index in [0.717, 1.165) is 0 Å². The highest BCUT2D eigenvalue weighted by atomic mass is 16.8. The van der Waals surface area contributed by atoms with Crippen LogP contribution >= 0.6 is 0 Å². The minimum atomic E-state index is -1.55. The molecule has 0 saturated carbocycles. The average molecular weight is 310 g/mol. The van der Waals surface area contributed by atoms with Crippen molar-refractivity contribution in [3.05, 3.63) is 0 Å². The fourth-order valence-corrected chi connectivity index (χ4v) is 2.38. The van der Waals surface area contributed by atoms with Crippen LogP contribution in [0.5, 0.6) is 0 Å². The molecule has 21 heavy (non-hydrogen) atoms. The second-order valence-electron chi connectivity index (χ2n) is 5.50. The molecule has 10 atom stereocenters. The lowest BCUT2D eigenvalue weighted by atomic mass is 9.99. The summed E-state index contributed by atoms with van der Waals surface area (Å²) in [5, 5.41) is 58.1. The van der Waals surface area contributed by atoms with Gasteiger partial charge in [0.2, 0.25) is 0 Å². The standard InChI is InChI=1S/C12H22O9/c1-3-5(13)7(15)9(17)11(19-3)21-12-10(18)8(16)6(14)4(2)20-12/h3-18H,1-2H3/t3-,4?,5?,6?,7?,8?,9?,10?,11+,12?/m1/s1. The van der Waals surface area contributed by atoms with Crippen LogP contribution in [0.4, 0.5) is 0 Å². The van der Waals surface area contributed by atoms with Crippen LogP contribution < -0.4 is 0 Å². The van der Waals surface area contributed by atoms with Crippen LogP contribution in [0, 0.1) is 0 Å². The summed E-state index contributed by atoms with van der Waals surface area (Å²) in [5.74, 6) is 0. The second-order valence-corrected chi connectivity index (χ2v) is 5.50. The molecule has 0 aromatic heterocycles. The number of ether oxygens (including phenoxy) is 3. The quantitative estimate of drug-likeness (QED) is 0.308. The van der Waals surface area contributed by atoms with E-state index in [-0.39, 0.29) is 0 Å². The van der Waals surface area contributed by atoms with Crippen LogP contribution in [0.25, 0.3) is 0 Å². The van der Waals surface area contributed by atoms with E-state index in [9.17, 15) is 30.6 Å². The summed E-state index contributed by atoms with van der Waals surface area (Å²) in [7, 11) is 0. The number of rotatable bonds is 2. The molecule has 2 aliphatic heterocycles. The maximum atomic E-state index is 9.82. The van der Waals surface area contributed by atoms with E-state index in [2.05, 4.69) is 0 Å². The largest absolute Gasteiger partial charge is 0.388 e. The minimum absolute atomic E-state index is 0.804. The molecule has 2 aliphatic rings. The zero-order valence-corrected chi connectivity index (χ0v) is 11.7. The van der Waals surface area contributed by atoms with Crippen LogP contribution in [-0.4, -0.2) is 92.1 Å². The first kappa shape index (κ1) is 17.0. The molecule has 2 heterocycles. The second kappa shape index (κ2) is 6.41. The highest BCUT2D eigenvalue weighted by Gasteiger charge is 2.48. The monoisotopic (exact) mass is 310 g/mol. The van der Waals surface area contributed by atoms with Gasteiger partial charge in [0, 0.05) is 0 Å². The third kappa shape index (κ3) is 3.21. The Balaban J connectivity index is 2.03. The maximum Gasteiger partial charge on any atom is 0.189 e. The number of hydrogen-bond donors (Lipinski definition) is 6. The molecule has 2 rings (SSSR count). The lowest BCUT2D eigenvalue weighted by Crippen LogP contribution is -2.62. The Morgan fingerprint density at radius 1 is 0.571 bits per heavy atom. The molecule has 0 spiro atoms. The maximum absolute atomic E-state index is 9.82. The van der Waals surface area contributed by atoms with Gasteiger partial charge in [-0.25, -0.2) is 0 Å². The van der Waals surface area contributed by atoms with Crippen LogP contribution in [0.15, 0.2) is 0 Å². The molecule has 0 amide bonds. The Bertz CT molecular complexity index is 322. The van der Waals surface area contributed by atoms with Gasteiger partial charge in [0.05, 0.1) is 12.2 Å². The molecule has 0 radical (unpaired) electrons. The summed E-state index contributed by atoms with van der Waals surface area (Å²) in [5.41, 5.74) is 0. The molecular weight excluding hydrogens is 288 g/mol. The Kier molecular flexibility index (Phi) is 5.19. The topological polar surface area (TPSA) is 149 Å². The molecule has 6 N–H and O–H groups in total. The molecule has 2 saturated heterocycles. The number of hydrogen-bond acceptors (Lipinski definition) is 9. The minimum Gasteiger partial charge on any atom is -0.388 e. The predicted octanol–water partition coefficient (Wildman–Crippen LogP) is -3.34. The van der Waals surface area contributed by atoms with E-state index >= 15 is 0 Å². The first-order chi connectivity index (χ1) is 9.73. The summed E-state index contributed by atoms with van der Waals surface area (Å²) in [4.78, 5) is 0. The summed E-state index contributed by atoms with van der Waals surface area (Å²) in [6.07, 6.45) is -12.9. The SMILES string of the molecule is CC1OC(O[C@@H]2O[C@H](C)C(O)C(O)C2O)C(O)C(O)C1O. The zero-order chi connectivity index (χ0) is 15.9. The van der Waals surface area contributed by atoms with Crippen LogP contribution in [0.1, 0.15) is 13.8 Å². The number of aliphatic hydroxyl groups is 6.